The summed E-state index contributed by atoms with van der Waals surface area (Å²) >= 11 is 0. The van der Waals surface area contributed by atoms with E-state index in [2.05, 4.69) is 13.8 Å². The van der Waals surface area contributed by atoms with Crippen LogP contribution in [0.25, 0.3) is 0 Å². The Balaban J connectivity index is 0.00000220. The lowest BCUT2D eigenvalue weighted by Gasteiger charge is -2.29. The Morgan fingerprint density at radius 2 is 1.95 bits per heavy atom. The van der Waals surface area contributed by atoms with Crippen molar-refractivity contribution in [2.45, 2.75) is 64.9 Å². The zero-order valence-corrected chi connectivity index (χ0v) is 14.0. The van der Waals surface area contributed by atoms with Gasteiger partial charge in [0.1, 0.15) is 5.82 Å². The van der Waals surface area contributed by atoms with Crippen LogP contribution in [-0.2, 0) is 0 Å². The van der Waals surface area contributed by atoms with Crippen molar-refractivity contribution >= 4 is 12.4 Å². The molecule has 0 bridgehead atoms. The van der Waals surface area contributed by atoms with E-state index in [1.807, 2.05) is 6.07 Å². The molecule has 1 aliphatic rings. The molecule has 120 valence electrons. The minimum Gasteiger partial charge on any atom is -0.388 e. The van der Waals surface area contributed by atoms with Crippen molar-refractivity contribution in [3.8, 4) is 0 Å². The highest BCUT2D eigenvalue weighted by atomic mass is 35.5. The van der Waals surface area contributed by atoms with Gasteiger partial charge in [-0.1, -0.05) is 38.8 Å². The van der Waals surface area contributed by atoms with E-state index in [-0.39, 0.29) is 24.1 Å². The van der Waals surface area contributed by atoms with E-state index in [0.717, 1.165) is 18.4 Å². The fourth-order valence-corrected chi connectivity index (χ4v) is 4.12. The van der Waals surface area contributed by atoms with Gasteiger partial charge in [0.2, 0.25) is 0 Å². The summed E-state index contributed by atoms with van der Waals surface area (Å²) in [6.07, 6.45) is 7.79. The van der Waals surface area contributed by atoms with Crippen LogP contribution in [0.4, 0.5) is 4.39 Å². The predicted octanol–water partition coefficient (Wildman–Crippen LogP) is 5.67. The first-order valence-electron chi connectivity index (χ1n) is 8.04. The van der Waals surface area contributed by atoms with Crippen LogP contribution in [0.1, 0.15) is 70.5 Å². The van der Waals surface area contributed by atoms with Crippen LogP contribution < -0.4 is 0 Å². The monoisotopic (exact) mass is 314 g/mol. The Kier molecular flexibility index (Phi) is 7.15. The molecule has 0 aromatic heterocycles. The second kappa shape index (κ2) is 8.14. The van der Waals surface area contributed by atoms with E-state index in [1.165, 1.54) is 44.2 Å². The van der Waals surface area contributed by atoms with Crippen LogP contribution in [0.15, 0.2) is 24.3 Å². The third kappa shape index (κ3) is 4.43. The smallest absolute Gasteiger partial charge is 0.123 e. The molecule has 2 rings (SSSR count). The number of rotatable bonds is 6. The van der Waals surface area contributed by atoms with Crippen LogP contribution in [0, 0.1) is 17.2 Å². The topological polar surface area (TPSA) is 20.2 Å². The molecule has 1 N–H and O–H groups in total. The second-order valence-corrected chi connectivity index (χ2v) is 6.50. The van der Waals surface area contributed by atoms with Crippen molar-refractivity contribution in [3.05, 3.63) is 35.6 Å². The van der Waals surface area contributed by atoms with E-state index in [9.17, 15) is 9.50 Å². The number of benzene rings is 1. The van der Waals surface area contributed by atoms with Crippen molar-refractivity contribution < 1.29 is 9.50 Å². The molecule has 0 spiro atoms. The fraction of sp³-hybridized carbons (Fsp3) is 0.667. The van der Waals surface area contributed by atoms with E-state index in [4.69, 9.17) is 0 Å². The minimum absolute atomic E-state index is 0. The zero-order chi connectivity index (χ0) is 14.6. The number of aliphatic hydroxyl groups is 1. The molecule has 1 fully saturated rings. The van der Waals surface area contributed by atoms with E-state index >= 15 is 0 Å². The van der Waals surface area contributed by atoms with Gasteiger partial charge in [0.05, 0.1) is 6.10 Å². The van der Waals surface area contributed by atoms with E-state index in [1.54, 1.807) is 6.07 Å². The molecule has 1 aliphatic carbocycles. The Bertz CT molecular complexity index is 429. The average molecular weight is 315 g/mol. The van der Waals surface area contributed by atoms with Crippen LogP contribution in [-0.4, -0.2) is 5.11 Å². The molecule has 0 aliphatic heterocycles. The largest absolute Gasteiger partial charge is 0.388 e. The summed E-state index contributed by atoms with van der Waals surface area (Å²) in [5.74, 6) is 0.0304. The molecular weight excluding hydrogens is 287 g/mol. The van der Waals surface area contributed by atoms with Crippen molar-refractivity contribution in [3.63, 3.8) is 0 Å². The summed E-state index contributed by atoms with van der Waals surface area (Å²) in [6, 6.07) is 6.44. The quantitative estimate of drug-likeness (QED) is 0.717. The third-order valence-corrected chi connectivity index (χ3v) is 4.94. The second-order valence-electron chi connectivity index (χ2n) is 6.50. The minimum atomic E-state index is -0.513. The number of aliphatic hydroxyl groups excluding tert-OH is 1. The van der Waals surface area contributed by atoms with Gasteiger partial charge in [0, 0.05) is 0 Å². The Morgan fingerprint density at radius 1 is 1.29 bits per heavy atom. The van der Waals surface area contributed by atoms with Gasteiger partial charge in [0.25, 0.3) is 0 Å². The fourth-order valence-electron chi connectivity index (χ4n) is 4.12. The Hall–Kier alpha value is -0.600. The van der Waals surface area contributed by atoms with E-state index in [0.29, 0.717) is 5.41 Å². The Morgan fingerprint density at radius 3 is 2.52 bits per heavy atom. The maximum absolute atomic E-state index is 13.3. The van der Waals surface area contributed by atoms with Gasteiger partial charge in [-0.05, 0) is 61.1 Å². The van der Waals surface area contributed by atoms with Gasteiger partial charge in [-0.15, -0.1) is 12.4 Å². The summed E-state index contributed by atoms with van der Waals surface area (Å²) < 4.78 is 13.3. The summed E-state index contributed by atoms with van der Waals surface area (Å²) in [4.78, 5) is 0. The van der Waals surface area contributed by atoms with Gasteiger partial charge in [-0.25, -0.2) is 4.39 Å². The molecule has 21 heavy (non-hydrogen) atoms. The molecule has 1 saturated carbocycles. The lowest BCUT2D eigenvalue weighted by Crippen LogP contribution is -2.18. The summed E-state index contributed by atoms with van der Waals surface area (Å²) in [5, 5.41) is 10.5. The summed E-state index contributed by atoms with van der Waals surface area (Å²) in [5.41, 5.74) is 1.15. The maximum atomic E-state index is 13.3. The Labute approximate surface area is 134 Å². The SMILES string of the molecule is CCCC1(CCC)CC[C@H]([C@@H](O)c2cccc(F)c2)C1.Cl. The van der Waals surface area contributed by atoms with Crippen LogP contribution in [0.2, 0.25) is 0 Å². The first-order chi connectivity index (χ1) is 9.60. The highest BCUT2D eigenvalue weighted by Crippen LogP contribution is 2.51. The molecule has 1 aromatic carbocycles. The summed E-state index contributed by atoms with van der Waals surface area (Å²) in [7, 11) is 0. The molecular formula is C18H28ClFO. The molecule has 0 heterocycles. The first kappa shape index (κ1) is 18.4. The van der Waals surface area contributed by atoms with Crippen molar-refractivity contribution in [1.29, 1.82) is 0 Å². The molecule has 0 saturated heterocycles. The average Bonchev–Trinajstić information content (AvgIpc) is 2.83. The van der Waals surface area contributed by atoms with Crippen molar-refractivity contribution in [2.75, 3.05) is 0 Å². The normalized spacial score (nSPS) is 21.8. The van der Waals surface area contributed by atoms with Crippen molar-refractivity contribution in [2.24, 2.45) is 11.3 Å². The van der Waals surface area contributed by atoms with Crippen LogP contribution in [0.5, 0.6) is 0 Å². The van der Waals surface area contributed by atoms with Gasteiger partial charge < -0.3 is 5.11 Å². The van der Waals surface area contributed by atoms with Crippen LogP contribution in [0.3, 0.4) is 0 Å². The molecule has 0 radical (unpaired) electrons. The predicted molar refractivity (Wildman–Crippen MR) is 88.2 cm³/mol. The van der Waals surface area contributed by atoms with E-state index < -0.39 is 6.10 Å². The first-order valence-corrected chi connectivity index (χ1v) is 8.04. The molecule has 0 unspecified atom stereocenters. The van der Waals surface area contributed by atoms with Crippen molar-refractivity contribution in [1.82, 2.24) is 0 Å². The zero-order valence-electron chi connectivity index (χ0n) is 13.1. The van der Waals surface area contributed by atoms with Gasteiger partial charge in [-0.3, -0.25) is 0 Å². The highest BCUT2D eigenvalue weighted by molar-refractivity contribution is 5.85. The molecule has 1 nitrogen and oxygen atoms in total. The van der Waals surface area contributed by atoms with Crippen LogP contribution >= 0.6 is 12.4 Å². The number of hydrogen-bond acceptors (Lipinski definition) is 1. The maximum Gasteiger partial charge on any atom is 0.123 e. The summed E-state index contributed by atoms with van der Waals surface area (Å²) in [6.45, 7) is 4.49. The molecule has 1 aromatic rings. The standard InChI is InChI=1S/C18H27FO.ClH/c1-3-9-18(10-4-2)11-8-15(13-18)17(20)14-6-5-7-16(19)12-14;/h5-7,12,15,17,20H,3-4,8-11,13H2,1-2H3;1H/t15-,17-;/m0./s1. The number of hydrogen-bond donors (Lipinski definition) is 1. The molecule has 0 amide bonds. The van der Waals surface area contributed by atoms with Gasteiger partial charge in [0.15, 0.2) is 0 Å². The van der Waals surface area contributed by atoms with Gasteiger partial charge in [-0.2, -0.15) is 0 Å². The lowest BCUT2D eigenvalue weighted by atomic mass is 9.76. The molecule has 3 heteroatoms. The van der Waals surface area contributed by atoms with Gasteiger partial charge >= 0.3 is 0 Å². The lowest BCUT2D eigenvalue weighted by molar-refractivity contribution is 0.0985. The highest BCUT2D eigenvalue weighted by Gasteiger charge is 2.40. The number of halogens is 2. The molecule has 2 atom stereocenters. The third-order valence-electron chi connectivity index (χ3n) is 4.94.